The minimum absolute atomic E-state index is 0.0608. The van der Waals surface area contributed by atoms with Gasteiger partial charge in [-0.25, -0.2) is 0 Å². The van der Waals surface area contributed by atoms with Gasteiger partial charge in [0.15, 0.2) is 0 Å². The molecule has 1 aromatic rings. The van der Waals surface area contributed by atoms with Crippen LogP contribution in [0.5, 0.6) is 0 Å². The van der Waals surface area contributed by atoms with E-state index in [0.717, 1.165) is 37.7 Å². The number of quaternary nitrogens is 1. The molecule has 0 aliphatic heterocycles. The molecule has 0 saturated heterocycles. The van der Waals surface area contributed by atoms with E-state index < -0.39 is 23.0 Å². The maximum Gasteiger partial charge on any atom is 0.285 e. The molecule has 3 rings (SSSR count). The number of carboxylic acid groups (broad SMARTS) is 1. The van der Waals surface area contributed by atoms with E-state index in [4.69, 9.17) is 4.18 Å². The molecule has 2 aliphatic carbocycles. The molecule has 31 heavy (non-hydrogen) atoms. The Bertz CT molecular complexity index is 720. The first-order valence-electron chi connectivity index (χ1n) is 11.4. The molecular weight excluding hydrogens is 418 g/mol. The highest BCUT2D eigenvalue weighted by Crippen LogP contribution is 2.30. The van der Waals surface area contributed by atoms with Crippen LogP contribution in [0, 0.1) is 10.1 Å². The average Bonchev–Trinajstić information content (AvgIpc) is 2.79. The Kier molecular flexibility index (Phi) is 9.13. The molecule has 172 valence electrons. The second-order valence-electron chi connectivity index (χ2n) is 8.68. The molecule has 9 heteroatoms. The molecule has 0 amide bonds. The first-order chi connectivity index (χ1) is 15.0. The SMILES string of the molecule is C[C@@H](OSc1ccccc1[N+](=O)[O-])[C@H](N[NH+](C1CCCCC1)C1CCCCC1)C(=O)[O-]. The van der Waals surface area contributed by atoms with Crippen LogP contribution in [0.15, 0.2) is 29.2 Å². The van der Waals surface area contributed by atoms with Gasteiger partial charge in [-0.1, -0.05) is 25.0 Å². The summed E-state index contributed by atoms with van der Waals surface area (Å²) in [4.78, 5) is 23.1. The van der Waals surface area contributed by atoms with Crippen LogP contribution in [-0.2, 0) is 8.98 Å². The van der Waals surface area contributed by atoms with Gasteiger partial charge in [0.25, 0.3) is 5.69 Å². The quantitative estimate of drug-likeness (QED) is 0.319. The highest BCUT2D eigenvalue weighted by molar-refractivity contribution is 7.94. The Morgan fingerprint density at radius 2 is 1.65 bits per heavy atom. The van der Waals surface area contributed by atoms with Crippen molar-refractivity contribution in [3.8, 4) is 0 Å². The zero-order valence-corrected chi connectivity index (χ0v) is 18.9. The predicted molar refractivity (Wildman–Crippen MR) is 116 cm³/mol. The number of hydrogen-bond donors (Lipinski definition) is 2. The maximum absolute atomic E-state index is 12.0. The van der Waals surface area contributed by atoms with Gasteiger partial charge in [0, 0.05) is 43.8 Å². The zero-order valence-electron chi connectivity index (χ0n) is 18.1. The lowest BCUT2D eigenvalue weighted by Crippen LogP contribution is -3.26. The Hall–Kier alpha value is -1.68. The van der Waals surface area contributed by atoms with Crippen molar-refractivity contribution in [1.82, 2.24) is 5.43 Å². The lowest BCUT2D eigenvalue weighted by molar-refractivity contribution is -0.996. The predicted octanol–water partition coefficient (Wildman–Crippen LogP) is 2.18. The van der Waals surface area contributed by atoms with Crippen molar-refractivity contribution >= 4 is 23.7 Å². The third-order valence-corrected chi connectivity index (χ3v) is 7.41. The Labute approximate surface area is 188 Å². The fourth-order valence-electron chi connectivity index (χ4n) is 4.81. The van der Waals surface area contributed by atoms with Gasteiger partial charge in [-0.15, -0.1) is 0 Å². The van der Waals surface area contributed by atoms with E-state index in [-0.39, 0.29) is 5.69 Å². The van der Waals surface area contributed by atoms with E-state index in [1.165, 1.54) is 49.6 Å². The number of carboxylic acids is 1. The molecule has 0 unspecified atom stereocenters. The van der Waals surface area contributed by atoms with E-state index in [1.54, 1.807) is 25.1 Å². The maximum atomic E-state index is 12.0. The van der Waals surface area contributed by atoms with E-state index in [2.05, 4.69) is 5.43 Å². The van der Waals surface area contributed by atoms with Gasteiger partial charge in [-0.3, -0.25) is 15.1 Å². The fraction of sp³-hybridized carbons (Fsp3) is 0.682. The molecule has 2 saturated carbocycles. The Morgan fingerprint density at radius 3 is 2.16 bits per heavy atom. The fourth-order valence-corrected chi connectivity index (χ4v) is 5.53. The van der Waals surface area contributed by atoms with Crippen LogP contribution < -0.4 is 15.5 Å². The molecule has 0 bridgehead atoms. The van der Waals surface area contributed by atoms with Gasteiger partial charge >= 0.3 is 0 Å². The van der Waals surface area contributed by atoms with Gasteiger partial charge in [0.2, 0.25) is 0 Å². The van der Waals surface area contributed by atoms with Crippen molar-refractivity contribution < 1.29 is 24.0 Å². The first-order valence-corrected chi connectivity index (χ1v) is 12.1. The summed E-state index contributed by atoms with van der Waals surface area (Å²) >= 11 is 0.845. The molecule has 2 atom stereocenters. The number of hydrogen-bond acceptors (Lipinski definition) is 7. The summed E-state index contributed by atoms with van der Waals surface area (Å²) in [5.41, 5.74) is 3.29. The van der Waals surface area contributed by atoms with Gasteiger partial charge < -0.3 is 14.1 Å². The number of para-hydroxylation sites is 1. The van der Waals surface area contributed by atoms with Crippen LogP contribution in [0.4, 0.5) is 5.69 Å². The molecule has 2 fully saturated rings. The van der Waals surface area contributed by atoms with E-state index in [0.29, 0.717) is 17.0 Å². The zero-order chi connectivity index (χ0) is 22.2. The molecule has 2 N–H and O–H groups in total. The third-order valence-electron chi connectivity index (χ3n) is 6.49. The van der Waals surface area contributed by atoms with Crippen LogP contribution in [0.2, 0.25) is 0 Å². The van der Waals surface area contributed by atoms with Crippen LogP contribution in [0.1, 0.15) is 71.1 Å². The van der Waals surface area contributed by atoms with Gasteiger partial charge in [-0.2, -0.15) is 5.43 Å². The molecule has 0 radical (unpaired) electrons. The monoisotopic (exact) mass is 451 g/mol. The first kappa shape index (κ1) is 24.0. The van der Waals surface area contributed by atoms with Crippen LogP contribution >= 0.6 is 12.0 Å². The minimum atomic E-state index is -1.21. The van der Waals surface area contributed by atoms with Gasteiger partial charge in [0.05, 0.1) is 17.0 Å². The van der Waals surface area contributed by atoms with E-state index in [9.17, 15) is 20.0 Å². The van der Waals surface area contributed by atoms with Crippen LogP contribution in [0.3, 0.4) is 0 Å². The number of rotatable bonds is 10. The van der Waals surface area contributed by atoms with E-state index in [1.807, 2.05) is 0 Å². The van der Waals surface area contributed by atoms with Crippen LogP contribution in [-0.4, -0.2) is 35.1 Å². The molecule has 0 aromatic heterocycles. The average molecular weight is 452 g/mol. The van der Waals surface area contributed by atoms with E-state index >= 15 is 0 Å². The number of carbonyl (C=O) groups excluding carboxylic acids is 1. The number of benzene rings is 1. The summed E-state index contributed by atoms with van der Waals surface area (Å²) in [6, 6.07) is 6.07. The second-order valence-corrected chi connectivity index (χ2v) is 9.47. The molecule has 0 heterocycles. The standard InChI is InChI=1S/C22H33N3O5S/c1-16(30-31-20-15-9-8-14-19(20)25(28)29)21(22(26)27)23-24(17-10-4-2-5-11-17)18-12-6-3-7-13-18/h8-9,14-18,21,23H,2-7,10-13H2,1H3,(H,26,27)/t16-,21+/m1/s1. The second kappa shape index (κ2) is 11.8. The summed E-state index contributed by atoms with van der Waals surface area (Å²) in [6.45, 7) is 1.68. The summed E-state index contributed by atoms with van der Waals surface area (Å²) in [7, 11) is 0. The van der Waals surface area contributed by atoms with Gasteiger partial charge in [0.1, 0.15) is 23.0 Å². The summed E-state index contributed by atoms with van der Waals surface area (Å²) in [5.74, 6) is -1.21. The smallest absolute Gasteiger partial charge is 0.285 e. The Balaban J connectivity index is 1.69. The number of aliphatic carboxylic acids is 1. The van der Waals surface area contributed by atoms with Crippen LogP contribution in [0.25, 0.3) is 0 Å². The van der Waals surface area contributed by atoms with Crippen molar-refractivity contribution in [3.63, 3.8) is 0 Å². The highest BCUT2D eigenvalue weighted by Gasteiger charge is 2.36. The number of nitro groups is 1. The van der Waals surface area contributed by atoms with Crippen molar-refractivity contribution in [2.75, 3.05) is 0 Å². The summed E-state index contributed by atoms with van der Waals surface area (Å²) in [5, 5.41) is 24.4. The Morgan fingerprint density at radius 1 is 1.10 bits per heavy atom. The lowest BCUT2D eigenvalue weighted by atomic mass is 9.90. The van der Waals surface area contributed by atoms with Crippen molar-refractivity contribution in [3.05, 3.63) is 34.4 Å². The third kappa shape index (κ3) is 6.65. The van der Waals surface area contributed by atoms with Crippen molar-refractivity contribution in [2.24, 2.45) is 0 Å². The number of nitrogens with zero attached hydrogens (tertiary/aromatic N) is 1. The lowest BCUT2D eigenvalue weighted by Gasteiger charge is -2.41. The summed E-state index contributed by atoms with van der Waals surface area (Å²) in [6.07, 6.45) is 10.9. The summed E-state index contributed by atoms with van der Waals surface area (Å²) < 4.78 is 5.73. The number of nitro benzene ring substituents is 1. The topological polar surface area (TPSA) is 109 Å². The van der Waals surface area contributed by atoms with Crippen molar-refractivity contribution in [2.45, 2.75) is 100 Å². The molecule has 1 aromatic carbocycles. The normalized spacial score (nSPS) is 20.5. The molecular formula is C22H33N3O5S. The molecule has 0 spiro atoms. The molecule has 8 nitrogen and oxygen atoms in total. The number of nitrogens with one attached hydrogen (secondary N) is 2. The molecule has 2 aliphatic rings. The van der Waals surface area contributed by atoms with Gasteiger partial charge in [-0.05, 0) is 38.7 Å². The van der Waals surface area contributed by atoms with Crippen molar-refractivity contribution in [1.29, 1.82) is 0 Å². The largest absolute Gasteiger partial charge is 0.548 e. The highest BCUT2D eigenvalue weighted by atomic mass is 32.2. The minimum Gasteiger partial charge on any atom is -0.548 e. The number of carbonyl (C=O) groups is 1.